The normalized spacial score (nSPS) is 20.2. The monoisotopic (exact) mass is 268 g/mol. The van der Waals surface area contributed by atoms with Crippen molar-refractivity contribution in [3.05, 3.63) is 23.5 Å². The van der Waals surface area contributed by atoms with Crippen molar-refractivity contribution in [1.29, 1.82) is 0 Å². The summed E-state index contributed by atoms with van der Waals surface area (Å²) < 4.78 is 19.3. The van der Waals surface area contributed by atoms with Crippen LogP contribution in [-0.2, 0) is 4.74 Å². The zero-order valence-corrected chi connectivity index (χ0v) is 10.6. The van der Waals surface area contributed by atoms with Gasteiger partial charge in [0, 0.05) is 18.3 Å². The molecule has 19 heavy (non-hydrogen) atoms. The van der Waals surface area contributed by atoms with E-state index in [4.69, 9.17) is 15.6 Å². The first kappa shape index (κ1) is 13.6. The first-order chi connectivity index (χ1) is 8.99. The molecular weight excluding hydrogens is 251 g/mol. The fourth-order valence-electron chi connectivity index (χ4n) is 2.22. The van der Waals surface area contributed by atoms with E-state index in [1.54, 1.807) is 0 Å². The van der Waals surface area contributed by atoms with E-state index in [9.17, 15) is 9.18 Å². The molecule has 0 spiro atoms. The maximum absolute atomic E-state index is 13.8. The van der Waals surface area contributed by atoms with E-state index in [0.29, 0.717) is 6.61 Å². The molecule has 0 unspecified atom stereocenters. The highest BCUT2D eigenvalue weighted by Crippen LogP contribution is 2.25. The Kier molecular flexibility index (Phi) is 3.90. The van der Waals surface area contributed by atoms with Gasteiger partial charge in [0.2, 0.25) is 0 Å². The minimum Gasteiger partial charge on any atom is -0.478 e. The quantitative estimate of drug-likeness (QED) is 0.728. The number of benzene rings is 1. The lowest BCUT2D eigenvalue weighted by Gasteiger charge is -2.22. The topological polar surface area (TPSA) is 84.6 Å². The number of anilines is 2. The molecule has 104 valence electrons. The number of halogens is 1. The fourth-order valence-corrected chi connectivity index (χ4v) is 2.22. The predicted molar refractivity (Wildman–Crippen MR) is 69.8 cm³/mol. The minimum absolute atomic E-state index is 0.0187. The van der Waals surface area contributed by atoms with Gasteiger partial charge >= 0.3 is 5.97 Å². The Balaban J connectivity index is 2.19. The van der Waals surface area contributed by atoms with Crippen LogP contribution in [0.5, 0.6) is 0 Å². The second kappa shape index (κ2) is 5.44. The smallest absolute Gasteiger partial charge is 0.337 e. The minimum atomic E-state index is -1.18. The largest absolute Gasteiger partial charge is 0.478 e. The molecule has 2 rings (SSSR count). The lowest BCUT2D eigenvalue weighted by molar-refractivity contribution is 0.0698. The number of aromatic carboxylic acids is 1. The summed E-state index contributed by atoms with van der Waals surface area (Å²) in [5.41, 5.74) is 5.41. The van der Waals surface area contributed by atoms with Gasteiger partial charge in [0.1, 0.15) is 5.82 Å². The van der Waals surface area contributed by atoms with Gasteiger partial charge in [-0.1, -0.05) is 0 Å². The molecule has 0 radical (unpaired) electrons. The Morgan fingerprint density at radius 1 is 1.63 bits per heavy atom. The second-order valence-corrected chi connectivity index (χ2v) is 4.71. The Bertz CT molecular complexity index is 487. The summed E-state index contributed by atoms with van der Waals surface area (Å²) >= 11 is 0. The third-order valence-corrected chi connectivity index (χ3v) is 3.28. The van der Waals surface area contributed by atoms with Gasteiger partial charge < -0.3 is 20.9 Å². The van der Waals surface area contributed by atoms with Crippen molar-refractivity contribution in [2.24, 2.45) is 0 Å². The molecule has 2 atom stereocenters. The number of nitrogens with two attached hydrogens (primary N) is 1. The van der Waals surface area contributed by atoms with Crippen LogP contribution in [0.15, 0.2) is 12.1 Å². The first-order valence-corrected chi connectivity index (χ1v) is 6.19. The number of carboxylic acid groups (broad SMARTS) is 1. The molecule has 1 aliphatic rings. The van der Waals surface area contributed by atoms with Crippen molar-refractivity contribution < 1.29 is 19.0 Å². The lowest BCUT2D eigenvalue weighted by atomic mass is 10.1. The van der Waals surface area contributed by atoms with E-state index < -0.39 is 11.8 Å². The van der Waals surface area contributed by atoms with Gasteiger partial charge in [0.25, 0.3) is 0 Å². The van der Waals surface area contributed by atoms with E-state index in [1.807, 2.05) is 6.92 Å². The van der Waals surface area contributed by atoms with Crippen molar-refractivity contribution in [2.45, 2.75) is 31.9 Å². The average Bonchev–Trinajstić information content (AvgIpc) is 2.85. The van der Waals surface area contributed by atoms with Crippen LogP contribution in [0.25, 0.3) is 0 Å². The van der Waals surface area contributed by atoms with Crippen LogP contribution in [0, 0.1) is 5.82 Å². The van der Waals surface area contributed by atoms with Crippen molar-refractivity contribution in [3.8, 4) is 0 Å². The van der Waals surface area contributed by atoms with Crippen LogP contribution in [0.4, 0.5) is 15.8 Å². The third-order valence-electron chi connectivity index (χ3n) is 3.28. The SMILES string of the molecule is C[C@H](Nc1cc(C(=O)O)c(N)cc1F)[C@@H]1CCCO1. The highest BCUT2D eigenvalue weighted by Gasteiger charge is 2.23. The Hall–Kier alpha value is -1.82. The maximum atomic E-state index is 13.8. The predicted octanol–water partition coefficient (Wildman–Crippen LogP) is 2.09. The van der Waals surface area contributed by atoms with Crippen molar-refractivity contribution in [3.63, 3.8) is 0 Å². The van der Waals surface area contributed by atoms with E-state index in [0.717, 1.165) is 18.9 Å². The van der Waals surface area contributed by atoms with Crippen molar-refractivity contribution in [2.75, 3.05) is 17.7 Å². The van der Waals surface area contributed by atoms with Gasteiger partial charge in [-0.15, -0.1) is 0 Å². The van der Waals surface area contributed by atoms with Crippen LogP contribution >= 0.6 is 0 Å². The van der Waals surface area contributed by atoms with E-state index in [2.05, 4.69) is 5.32 Å². The molecule has 1 aliphatic heterocycles. The molecule has 0 saturated carbocycles. The standard InChI is InChI=1S/C13H17FN2O3/c1-7(12-3-2-4-19-12)16-11-5-8(13(17)18)10(15)6-9(11)14/h5-7,12,16H,2-4,15H2,1H3,(H,17,18)/t7-,12-/m0/s1. The van der Waals surface area contributed by atoms with Gasteiger partial charge in [-0.3, -0.25) is 0 Å². The molecule has 1 aromatic rings. The van der Waals surface area contributed by atoms with Crippen molar-refractivity contribution in [1.82, 2.24) is 0 Å². The molecule has 0 aromatic heterocycles. The molecule has 6 heteroatoms. The van der Waals surface area contributed by atoms with Gasteiger partial charge in [-0.25, -0.2) is 9.18 Å². The zero-order valence-electron chi connectivity index (χ0n) is 10.6. The Morgan fingerprint density at radius 2 is 2.37 bits per heavy atom. The number of hydrogen-bond acceptors (Lipinski definition) is 4. The van der Waals surface area contributed by atoms with Crippen LogP contribution in [0.2, 0.25) is 0 Å². The molecule has 5 nitrogen and oxygen atoms in total. The highest BCUT2D eigenvalue weighted by atomic mass is 19.1. The molecular formula is C13H17FN2O3. The summed E-state index contributed by atoms with van der Waals surface area (Å²) in [4.78, 5) is 11.0. The summed E-state index contributed by atoms with van der Waals surface area (Å²) in [5, 5.41) is 11.9. The number of carbonyl (C=O) groups is 1. The van der Waals surface area contributed by atoms with Crippen molar-refractivity contribution >= 4 is 17.3 Å². The molecule has 0 aliphatic carbocycles. The average molecular weight is 268 g/mol. The summed E-state index contributed by atoms with van der Waals surface area (Å²) in [7, 11) is 0. The van der Waals surface area contributed by atoms with Gasteiger partial charge in [0.15, 0.2) is 0 Å². The molecule has 4 N–H and O–H groups in total. The number of hydrogen-bond donors (Lipinski definition) is 3. The van der Waals surface area contributed by atoms with Crippen LogP contribution in [0.3, 0.4) is 0 Å². The molecule has 1 heterocycles. The number of rotatable bonds is 4. The summed E-state index contributed by atoms with van der Waals surface area (Å²) in [6.07, 6.45) is 1.92. The molecule has 1 aromatic carbocycles. The molecule has 0 amide bonds. The van der Waals surface area contributed by atoms with E-state index >= 15 is 0 Å². The molecule has 0 bridgehead atoms. The maximum Gasteiger partial charge on any atom is 0.337 e. The van der Waals surface area contributed by atoms with E-state index in [1.165, 1.54) is 6.07 Å². The van der Waals surface area contributed by atoms with Gasteiger partial charge in [-0.2, -0.15) is 0 Å². The summed E-state index contributed by atoms with van der Waals surface area (Å²) in [6.45, 7) is 2.59. The Morgan fingerprint density at radius 3 is 2.95 bits per heavy atom. The Labute approximate surface area is 110 Å². The number of ether oxygens (including phenoxy) is 1. The first-order valence-electron chi connectivity index (χ1n) is 6.19. The number of nitrogen functional groups attached to an aromatic ring is 1. The highest BCUT2D eigenvalue weighted by molar-refractivity contribution is 5.94. The molecule has 1 fully saturated rings. The van der Waals surface area contributed by atoms with Crippen LogP contribution < -0.4 is 11.1 Å². The fraction of sp³-hybridized carbons (Fsp3) is 0.462. The number of carboxylic acids is 1. The van der Waals surface area contributed by atoms with Gasteiger partial charge in [-0.05, 0) is 31.9 Å². The summed E-state index contributed by atoms with van der Waals surface area (Å²) in [5.74, 6) is -1.74. The lowest BCUT2D eigenvalue weighted by Crippen LogP contribution is -2.30. The third kappa shape index (κ3) is 2.96. The van der Waals surface area contributed by atoms with E-state index in [-0.39, 0.29) is 29.1 Å². The van der Waals surface area contributed by atoms with Gasteiger partial charge in [0.05, 0.1) is 17.4 Å². The number of nitrogens with one attached hydrogen (secondary N) is 1. The second-order valence-electron chi connectivity index (χ2n) is 4.71. The van der Waals surface area contributed by atoms with Crippen LogP contribution in [-0.4, -0.2) is 29.8 Å². The summed E-state index contributed by atoms with van der Waals surface area (Å²) in [6, 6.07) is 2.15. The molecule has 1 saturated heterocycles. The van der Waals surface area contributed by atoms with Crippen LogP contribution in [0.1, 0.15) is 30.1 Å². The zero-order chi connectivity index (χ0) is 14.0.